The van der Waals surface area contributed by atoms with Gasteiger partial charge >= 0.3 is 5.37 Å². The number of piperazine rings is 2. The fourth-order valence-corrected chi connectivity index (χ4v) is 6.11. The Morgan fingerprint density at radius 2 is 0.892 bits per heavy atom. The monoisotopic (exact) mass is 524 g/mol. The molecule has 0 spiro atoms. The van der Waals surface area contributed by atoms with Crippen molar-refractivity contribution < 1.29 is 4.79 Å². The molecule has 4 aliphatic rings. The van der Waals surface area contributed by atoms with Crippen molar-refractivity contribution in [2.75, 3.05) is 98.1 Å². The lowest BCUT2D eigenvalue weighted by Crippen LogP contribution is -2.47. The van der Waals surface area contributed by atoms with Crippen molar-refractivity contribution in [2.24, 2.45) is 0 Å². The van der Waals surface area contributed by atoms with Crippen LogP contribution in [0.4, 0.5) is 27.5 Å². The maximum Gasteiger partial charge on any atom is 0.316 e. The molecular formula is C29H41ClN6O. The Morgan fingerprint density at radius 3 is 1.27 bits per heavy atom. The normalized spacial score (nSPS) is 20.2. The molecule has 0 atom stereocenters. The summed E-state index contributed by atoms with van der Waals surface area (Å²) in [6, 6.07) is 17.5. The molecule has 6 rings (SSSR count). The second kappa shape index (κ2) is 12.7. The summed E-state index contributed by atoms with van der Waals surface area (Å²) >= 11 is 5.55. The minimum atomic E-state index is -0.336. The molecule has 0 aromatic heterocycles. The van der Waals surface area contributed by atoms with E-state index in [2.05, 4.69) is 73.4 Å². The maximum atomic E-state index is 11.2. The number of rotatable bonds is 4. The molecule has 1 N–H and O–H groups in total. The Kier molecular flexibility index (Phi) is 8.95. The number of carbonyl (C=O) groups is 1. The molecule has 2 aromatic rings. The molecule has 4 aliphatic heterocycles. The molecule has 0 unspecified atom stereocenters. The van der Waals surface area contributed by atoms with Gasteiger partial charge in [0.15, 0.2) is 0 Å². The van der Waals surface area contributed by atoms with Crippen LogP contribution in [0.5, 0.6) is 0 Å². The standard InChI is InChI=1S/C15H20ClN3O.C14H21N3/c16-15(20)19-11-9-18(10-12-19)14-6-2-1-5-13(14)17-7-3-4-8-17;1-2-6-14(17-11-7-15-8-12-17)13(5-1)16-9-3-4-10-16/h1-2,5-6H,3-4,7-12H2;1-2,5-6,15H,3-4,7-12H2. The Bertz CT molecular complexity index is 1010. The molecule has 37 heavy (non-hydrogen) atoms. The van der Waals surface area contributed by atoms with Crippen LogP contribution in [0, 0.1) is 0 Å². The average Bonchev–Trinajstić information content (AvgIpc) is 3.69. The zero-order valence-corrected chi connectivity index (χ0v) is 22.7. The van der Waals surface area contributed by atoms with Crippen LogP contribution in [-0.4, -0.2) is 88.8 Å². The molecule has 4 heterocycles. The van der Waals surface area contributed by atoms with Crippen molar-refractivity contribution in [3.63, 3.8) is 0 Å². The third-order valence-electron chi connectivity index (χ3n) is 7.98. The van der Waals surface area contributed by atoms with E-state index in [-0.39, 0.29) is 5.37 Å². The van der Waals surface area contributed by atoms with Crippen molar-refractivity contribution in [1.29, 1.82) is 0 Å². The van der Waals surface area contributed by atoms with Gasteiger partial charge in [-0.3, -0.25) is 4.79 Å². The molecule has 4 saturated heterocycles. The Labute approximate surface area is 226 Å². The number of carbonyl (C=O) groups excluding carboxylic acids is 1. The highest BCUT2D eigenvalue weighted by Gasteiger charge is 2.24. The summed E-state index contributed by atoms with van der Waals surface area (Å²) in [5, 5.41) is 3.08. The topological polar surface area (TPSA) is 45.3 Å². The van der Waals surface area contributed by atoms with Crippen LogP contribution in [0.15, 0.2) is 48.5 Å². The zero-order chi connectivity index (χ0) is 25.5. The highest BCUT2D eigenvalue weighted by Crippen LogP contribution is 2.33. The van der Waals surface area contributed by atoms with Crippen LogP contribution < -0.4 is 24.9 Å². The molecule has 4 fully saturated rings. The van der Waals surface area contributed by atoms with Crippen molar-refractivity contribution >= 4 is 39.7 Å². The Hall–Kier alpha value is -2.64. The quantitative estimate of drug-likeness (QED) is 0.470. The number of halogens is 1. The van der Waals surface area contributed by atoms with Gasteiger partial charge in [-0.1, -0.05) is 24.3 Å². The van der Waals surface area contributed by atoms with Gasteiger partial charge in [0, 0.05) is 78.5 Å². The Balaban J connectivity index is 0.000000153. The van der Waals surface area contributed by atoms with E-state index in [9.17, 15) is 4.79 Å². The van der Waals surface area contributed by atoms with Crippen molar-refractivity contribution in [2.45, 2.75) is 25.7 Å². The lowest BCUT2D eigenvalue weighted by Gasteiger charge is -2.37. The first-order valence-corrected chi connectivity index (χ1v) is 14.4. The molecule has 2 aromatic carbocycles. The van der Waals surface area contributed by atoms with Gasteiger partial charge in [0.1, 0.15) is 0 Å². The van der Waals surface area contributed by atoms with Crippen LogP contribution in [0.3, 0.4) is 0 Å². The summed E-state index contributed by atoms with van der Waals surface area (Å²) in [5.74, 6) is 0. The van der Waals surface area contributed by atoms with E-state index in [0.717, 1.165) is 52.4 Å². The zero-order valence-electron chi connectivity index (χ0n) is 22.0. The van der Waals surface area contributed by atoms with Gasteiger partial charge in [0.25, 0.3) is 0 Å². The molecule has 1 amide bonds. The number of hydrogen-bond acceptors (Lipinski definition) is 6. The predicted molar refractivity (Wildman–Crippen MR) is 156 cm³/mol. The third kappa shape index (κ3) is 6.44. The minimum Gasteiger partial charge on any atom is -0.370 e. The number of nitrogens with zero attached hydrogens (tertiary/aromatic N) is 5. The first-order chi connectivity index (χ1) is 18.2. The summed E-state index contributed by atoms with van der Waals surface area (Å²) < 4.78 is 0. The van der Waals surface area contributed by atoms with Crippen LogP contribution in [0.1, 0.15) is 25.7 Å². The number of nitrogens with one attached hydrogen (secondary N) is 1. The van der Waals surface area contributed by atoms with Crippen molar-refractivity contribution in [1.82, 2.24) is 10.2 Å². The van der Waals surface area contributed by atoms with Crippen LogP contribution in [0.2, 0.25) is 0 Å². The number of benzene rings is 2. The second-order valence-corrected chi connectivity index (χ2v) is 10.7. The fourth-order valence-electron chi connectivity index (χ4n) is 5.94. The first-order valence-electron chi connectivity index (χ1n) is 14.0. The number of hydrogen-bond donors (Lipinski definition) is 1. The van der Waals surface area contributed by atoms with E-state index >= 15 is 0 Å². The summed E-state index contributed by atoms with van der Waals surface area (Å²) in [6.45, 7) is 12.3. The average molecular weight is 525 g/mol. The molecule has 0 radical (unpaired) electrons. The molecule has 7 nitrogen and oxygen atoms in total. The minimum absolute atomic E-state index is 0.336. The van der Waals surface area contributed by atoms with Crippen LogP contribution in [-0.2, 0) is 0 Å². The SMILES string of the molecule is O=C(Cl)N1CCN(c2ccccc2N2CCCC2)CC1.c1ccc(N2CCNCC2)c(N2CCCC2)c1. The van der Waals surface area contributed by atoms with Crippen LogP contribution in [0.25, 0.3) is 0 Å². The molecule has 8 heteroatoms. The van der Waals surface area contributed by atoms with Gasteiger partial charge in [0.2, 0.25) is 0 Å². The van der Waals surface area contributed by atoms with Gasteiger partial charge in [0.05, 0.1) is 22.7 Å². The van der Waals surface area contributed by atoms with Crippen molar-refractivity contribution in [3.8, 4) is 0 Å². The van der Waals surface area contributed by atoms with E-state index in [0.29, 0.717) is 13.1 Å². The summed E-state index contributed by atoms with van der Waals surface area (Å²) in [5.41, 5.74) is 5.48. The van der Waals surface area contributed by atoms with Crippen LogP contribution >= 0.6 is 11.6 Å². The van der Waals surface area contributed by atoms with Gasteiger partial charge in [-0.25, -0.2) is 0 Å². The van der Waals surface area contributed by atoms with Gasteiger partial charge in [-0.2, -0.15) is 0 Å². The molecule has 0 aliphatic carbocycles. The number of para-hydroxylation sites is 4. The maximum absolute atomic E-state index is 11.2. The third-order valence-corrected chi connectivity index (χ3v) is 8.22. The lowest BCUT2D eigenvalue weighted by molar-refractivity contribution is 0.218. The van der Waals surface area contributed by atoms with Crippen molar-refractivity contribution in [3.05, 3.63) is 48.5 Å². The number of anilines is 4. The van der Waals surface area contributed by atoms with Gasteiger partial charge < -0.3 is 29.8 Å². The summed E-state index contributed by atoms with van der Waals surface area (Å²) in [7, 11) is 0. The van der Waals surface area contributed by atoms with Gasteiger partial charge in [-0.15, -0.1) is 0 Å². The van der Waals surface area contributed by atoms with E-state index < -0.39 is 0 Å². The lowest BCUT2D eigenvalue weighted by atomic mass is 10.2. The van der Waals surface area contributed by atoms with Gasteiger partial charge in [-0.05, 0) is 61.5 Å². The Morgan fingerprint density at radius 1 is 0.541 bits per heavy atom. The number of amides is 1. The molecule has 200 valence electrons. The smallest absolute Gasteiger partial charge is 0.316 e. The molecule has 0 bridgehead atoms. The van der Waals surface area contributed by atoms with E-state index in [4.69, 9.17) is 11.6 Å². The second-order valence-electron chi connectivity index (χ2n) is 10.3. The highest BCUT2D eigenvalue weighted by molar-refractivity contribution is 6.62. The summed E-state index contributed by atoms with van der Waals surface area (Å²) in [4.78, 5) is 22.8. The largest absolute Gasteiger partial charge is 0.370 e. The van der Waals surface area contributed by atoms with E-state index in [1.807, 2.05) is 0 Å². The first kappa shape index (κ1) is 26.0. The summed E-state index contributed by atoms with van der Waals surface area (Å²) in [6.07, 6.45) is 5.25. The molecular weight excluding hydrogens is 484 g/mol. The predicted octanol–water partition coefficient (Wildman–Crippen LogP) is 4.46. The fraction of sp³-hybridized carbons (Fsp3) is 0.552. The highest BCUT2D eigenvalue weighted by atomic mass is 35.5. The van der Waals surface area contributed by atoms with E-state index in [1.165, 1.54) is 61.5 Å². The van der Waals surface area contributed by atoms with E-state index in [1.54, 1.807) is 4.90 Å². The molecule has 0 saturated carbocycles.